The number of thiazole rings is 1. The van der Waals surface area contributed by atoms with E-state index in [0.29, 0.717) is 10.7 Å². The normalized spacial score (nSPS) is 10.6. The maximum absolute atomic E-state index is 12.3. The molecule has 0 saturated carbocycles. The number of benzene rings is 2. The summed E-state index contributed by atoms with van der Waals surface area (Å²) in [4.78, 5) is 28.0. The molecule has 28 heavy (non-hydrogen) atoms. The Hall–Kier alpha value is -3.29. The zero-order valence-corrected chi connectivity index (χ0v) is 15.9. The number of amides is 1. The molecule has 2 N–H and O–H groups in total. The SMILES string of the molecule is O=C(Nc1cccc(-c2csc(-c3ccccc3Cl)n2)c1)c1ccc(=O)[nH]n1. The lowest BCUT2D eigenvalue weighted by molar-refractivity contribution is 0.102. The fourth-order valence-electron chi connectivity index (χ4n) is 2.59. The third-order valence-electron chi connectivity index (χ3n) is 3.94. The Morgan fingerprint density at radius 2 is 1.93 bits per heavy atom. The monoisotopic (exact) mass is 408 g/mol. The minimum absolute atomic E-state index is 0.125. The van der Waals surface area contributed by atoms with E-state index in [4.69, 9.17) is 11.6 Å². The lowest BCUT2D eigenvalue weighted by Crippen LogP contribution is -2.17. The number of carbonyl (C=O) groups is 1. The van der Waals surface area contributed by atoms with Gasteiger partial charge in [-0.2, -0.15) is 5.10 Å². The van der Waals surface area contributed by atoms with E-state index >= 15 is 0 Å². The molecule has 4 aromatic rings. The van der Waals surface area contributed by atoms with E-state index in [0.717, 1.165) is 21.8 Å². The fourth-order valence-corrected chi connectivity index (χ4v) is 3.74. The molecule has 6 nitrogen and oxygen atoms in total. The van der Waals surface area contributed by atoms with Gasteiger partial charge in [-0.05, 0) is 24.3 Å². The lowest BCUT2D eigenvalue weighted by Gasteiger charge is -2.06. The van der Waals surface area contributed by atoms with Crippen LogP contribution < -0.4 is 10.9 Å². The number of hydrogen-bond acceptors (Lipinski definition) is 5. The molecule has 2 aromatic heterocycles. The first-order valence-electron chi connectivity index (χ1n) is 8.28. The molecule has 0 atom stereocenters. The number of aromatic nitrogens is 3. The molecule has 4 rings (SSSR count). The Morgan fingerprint density at radius 3 is 2.71 bits per heavy atom. The van der Waals surface area contributed by atoms with Crippen LogP contribution in [0.3, 0.4) is 0 Å². The lowest BCUT2D eigenvalue weighted by atomic mass is 10.1. The van der Waals surface area contributed by atoms with Crippen LogP contribution in [0.2, 0.25) is 5.02 Å². The van der Waals surface area contributed by atoms with Crippen LogP contribution in [-0.2, 0) is 0 Å². The molecule has 0 bridgehead atoms. The zero-order chi connectivity index (χ0) is 19.5. The standard InChI is InChI=1S/C20H13ClN4O2S/c21-15-7-2-1-6-14(15)20-23-17(11-28-20)12-4-3-5-13(10-12)22-19(27)16-8-9-18(26)25-24-16/h1-11H,(H,22,27)(H,25,26). The van der Waals surface area contributed by atoms with Gasteiger partial charge in [0.25, 0.3) is 11.5 Å². The molecule has 0 fully saturated rings. The maximum Gasteiger partial charge on any atom is 0.276 e. The van der Waals surface area contributed by atoms with Crippen molar-refractivity contribution < 1.29 is 4.79 Å². The molecule has 8 heteroatoms. The van der Waals surface area contributed by atoms with Crippen molar-refractivity contribution >= 4 is 34.5 Å². The van der Waals surface area contributed by atoms with E-state index in [2.05, 4.69) is 20.5 Å². The van der Waals surface area contributed by atoms with Crippen LogP contribution >= 0.6 is 22.9 Å². The van der Waals surface area contributed by atoms with Crippen molar-refractivity contribution in [3.63, 3.8) is 0 Å². The molecule has 0 aliphatic heterocycles. The summed E-state index contributed by atoms with van der Waals surface area (Å²) in [5, 5.41) is 12.2. The maximum atomic E-state index is 12.3. The van der Waals surface area contributed by atoms with E-state index in [1.165, 1.54) is 23.5 Å². The van der Waals surface area contributed by atoms with E-state index in [9.17, 15) is 9.59 Å². The smallest absolute Gasteiger partial charge is 0.276 e. The van der Waals surface area contributed by atoms with E-state index in [1.807, 2.05) is 47.8 Å². The highest BCUT2D eigenvalue weighted by molar-refractivity contribution is 7.13. The summed E-state index contributed by atoms with van der Waals surface area (Å²) in [7, 11) is 0. The predicted molar refractivity (Wildman–Crippen MR) is 111 cm³/mol. The third kappa shape index (κ3) is 3.85. The summed E-state index contributed by atoms with van der Waals surface area (Å²) in [5.74, 6) is -0.413. The quantitative estimate of drug-likeness (QED) is 0.521. The highest BCUT2D eigenvalue weighted by Gasteiger charge is 2.11. The number of nitrogens with zero attached hydrogens (tertiary/aromatic N) is 2. The van der Waals surface area contributed by atoms with Crippen molar-refractivity contribution in [3.05, 3.63) is 87.1 Å². The zero-order valence-electron chi connectivity index (χ0n) is 14.3. The van der Waals surface area contributed by atoms with Gasteiger partial charge >= 0.3 is 0 Å². The van der Waals surface area contributed by atoms with Gasteiger partial charge in [0.1, 0.15) is 10.7 Å². The van der Waals surface area contributed by atoms with Gasteiger partial charge in [0.05, 0.1) is 10.7 Å². The van der Waals surface area contributed by atoms with Crippen LogP contribution in [0.5, 0.6) is 0 Å². The second-order valence-electron chi connectivity index (χ2n) is 5.86. The first-order valence-corrected chi connectivity index (χ1v) is 9.54. The van der Waals surface area contributed by atoms with Gasteiger partial charge < -0.3 is 5.32 Å². The van der Waals surface area contributed by atoms with Gasteiger partial charge in [-0.15, -0.1) is 11.3 Å². The summed E-state index contributed by atoms with van der Waals surface area (Å²) in [6.45, 7) is 0. The Balaban J connectivity index is 1.57. The molecule has 1 amide bonds. The first kappa shape index (κ1) is 18.1. The van der Waals surface area contributed by atoms with Gasteiger partial charge in [-0.25, -0.2) is 10.1 Å². The van der Waals surface area contributed by atoms with Crippen LogP contribution in [-0.4, -0.2) is 21.1 Å². The minimum Gasteiger partial charge on any atom is -0.321 e. The second-order valence-corrected chi connectivity index (χ2v) is 7.12. The molecule has 0 spiro atoms. The highest BCUT2D eigenvalue weighted by Crippen LogP contribution is 2.33. The molecule has 138 valence electrons. The number of carbonyl (C=O) groups excluding carboxylic acids is 1. The van der Waals surface area contributed by atoms with Gasteiger partial charge in [0.2, 0.25) is 0 Å². The van der Waals surface area contributed by atoms with Crippen LogP contribution in [0.4, 0.5) is 5.69 Å². The van der Waals surface area contributed by atoms with E-state index in [1.54, 1.807) is 6.07 Å². The number of nitrogens with one attached hydrogen (secondary N) is 2. The van der Waals surface area contributed by atoms with Crippen LogP contribution in [0.1, 0.15) is 10.5 Å². The molecule has 0 aliphatic carbocycles. The van der Waals surface area contributed by atoms with Gasteiger partial charge in [-0.1, -0.05) is 41.9 Å². The summed E-state index contributed by atoms with van der Waals surface area (Å²) in [6.07, 6.45) is 0. The highest BCUT2D eigenvalue weighted by atomic mass is 35.5. The molecule has 0 saturated heterocycles. The molecule has 0 aliphatic rings. The van der Waals surface area contributed by atoms with Crippen molar-refractivity contribution in [2.45, 2.75) is 0 Å². The minimum atomic E-state index is -0.413. The van der Waals surface area contributed by atoms with E-state index in [-0.39, 0.29) is 11.3 Å². The summed E-state index contributed by atoms with van der Waals surface area (Å²) in [6, 6.07) is 17.5. The average molecular weight is 409 g/mol. The number of rotatable bonds is 4. The van der Waals surface area contributed by atoms with Crippen LogP contribution in [0.25, 0.3) is 21.8 Å². The van der Waals surface area contributed by atoms with Crippen molar-refractivity contribution in [3.8, 4) is 21.8 Å². The molecule has 2 aromatic carbocycles. The first-order chi connectivity index (χ1) is 13.6. The van der Waals surface area contributed by atoms with Gasteiger partial charge in [0.15, 0.2) is 0 Å². The Kier molecular flexibility index (Phi) is 5.01. The fraction of sp³-hybridized carbons (Fsp3) is 0. The van der Waals surface area contributed by atoms with Gasteiger partial charge in [-0.3, -0.25) is 9.59 Å². The van der Waals surface area contributed by atoms with Crippen molar-refractivity contribution in [1.82, 2.24) is 15.2 Å². The topological polar surface area (TPSA) is 87.7 Å². The molecule has 0 unspecified atom stereocenters. The number of anilines is 1. The summed E-state index contributed by atoms with van der Waals surface area (Å²) < 4.78 is 0. The van der Waals surface area contributed by atoms with Gasteiger partial charge in [0, 0.05) is 28.3 Å². The number of halogens is 1. The van der Waals surface area contributed by atoms with Crippen molar-refractivity contribution in [2.75, 3.05) is 5.32 Å². The van der Waals surface area contributed by atoms with Crippen molar-refractivity contribution in [1.29, 1.82) is 0 Å². The number of aromatic amines is 1. The Morgan fingerprint density at radius 1 is 1.07 bits per heavy atom. The number of H-pyrrole nitrogens is 1. The summed E-state index contributed by atoms with van der Waals surface area (Å²) in [5.41, 5.74) is 2.90. The molecule has 0 radical (unpaired) electrons. The summed E-state index contributed by atoms with van der Waals surface area (Å²) >= 11 is 7.76. The third-order valence-corrected chi connectivity index (χ3v) is 5.14. The van der Waals surface area contributed by atoms with E-state index < -0.39 is 5.91 Å². The Labute approximate surface area is 168 Å². The number of hydrogen-bond donors (Lipinski definition) is 2. The van der Waals surface area contributed by atoms with Crippen LogP contribution in [0, 0.1) is 0 Å². The predicted octanol–water partition coefficient (Wildman–Crippen LogP) is 4.47. The average Bonchev–Trinajstić information content (AvgIpc) is 3.19. The van der Waals surface area contributed by atoms with Crippen molar-refractivity contribution in [2.24, 2.45) is 0 Å². The second kappa shape index (κ2) is 7.75. The molecular formula is C20H13ClN4O2S. The molecular weight excluding hydrogens is 396 g/mol. The van der Waals surface area contributed by atoms with Crippen LogP contribution in [0.15, 0.2) is 70.8 Å². The largest absolute Gasteiger partial charge is 0.321 e. The molecule has 2 heterocycles. The Bertz CT molecular complexity index is 1200.